The summed E-state index contributed by atoms with van der Waals surface area (Å²) in [4.78, 5) is 11.4. The highest BCUT2D eigenvalue weighted by molar-refractivity contribution is 6.32. The fourth-order valence-corrected chi connectivity index (χ4v) is 2.55. The summed E-state index contributed by atoms with van der Waals surface area (Å²) in [6, 6.07) is 7.75. The number of carbonyl (C=O) groups is 1. The molecule has 0 aliphatic heterocycles. The highest BCUT2D eigenvalue weighted by Crippen LogP contribution is 2.33. The van der Waals surface area contributed by atoms with Crippen molar-refractivity contribution >= 4 is 17.8 Å². The van der Waals surface area contributed by atoms with Crippen molar-refractivity contribution in [3.63, 3.8) is 0 Å². The fraction of sp³-hybridized carbons (Fsp3) is 0.316. The quantitative estimate of drug-likeness (QED) is 0.488. The van der Waals surface area contributed by atoms with Crippen LogP contribution in [0.5, 0.6) is 17.2 Å². The van der Waals surface area contributed by atoms with Gasteiger partial charge in [-0.25, -0.2) is 9.18 Å². The van der Waals surface area contributed by atoms with Gasteiger partial charge in [-0.15, -0.1) is 0 Å². The molecule has 5 nitrogen and oxygen atoms in total. The summed E-state index contributed by atoms with van der Waals surface area (Å²) in [5, 5.41) is 0.299. The molecule has 26 heavy (non-hydrogen) atoms. The molecule has 0 aromatic heterocycles. The second-order valence-electron chi connectivity index (χ2n) is 5.24. The maximum atomic E-state index is 14.0. The Hall–Kier alpha value is -2.47. The molecule has 0 heterocycles. The van der Waals surface area contributed by atoms with Crippen molar-refractivity contribution in [2.45, 2.75) is 26.9 Å². The predicted octanol–water partition coefficient (Wildman–Crippen LogP) is 5.16. The minimum Gasteiger partial charge on any atom is -0.493 e. The van der Waals surface area contributed by atoms with E-state index >= 15 is 0 Å². The van der Waals surface area contributed by atoms with Crippen molar-refractivity contribution in [1.29, 1.82) is 0 Å². The van der Waals surface area contributed by atoms with Gasteiger partial charge in [-0.3, -0.25) is 0 Å². The van der Waals surface area contributed by atoms with Crippen molar-refractivity contribution in [3.8, 4) is 17.2 Å². The molecule has 2 aromatic rings. The van der Waals surface area contributed by atoms with Crippen molar-refractivity contribution in [3.05, 3.63) is 52.3 Å². The van der Waals surface area contributed by atoms with Gasteiger partial charge in [0.1, 0.15) is 29.7 Å². The van der Waals surface area contributed by atoms with Gasteiger partial charge in [0.05, 0.1) is 24.3 Å². The SMILES string of the molecule is CCOc1cccc(OC(=O)OC)c1COc1cc(F)c(CC)cc1Cl. The molecule has 140 valence electrons. The summed E-state index contributed by atoms with van der Waals surface area (Å²) in [5.41, 5.74) is 0.988. The van der Waals surface area contributed by atoms with Crippen molar-refractivity contribution in [2.75, 3.05) is 13.7 Å². The van der Waals surface area contributed by atoms with Crippen LogP contribution in [0.2, 0.25) is 5.02 Å². The minimum atomic E-state index is -0.865. The molecule has 0 fully saturated rings. The molecule has 2 rings (SSSR count). The number of halogens is 2. The molecular weight excluding hydrogens is 363 g/mol. The Kier molecular flexibility index (Phi) is 7.09. The third kappa shape index (κ3) is 4.79. The van der Waals surface area contributed by atoms with E-state index in [1.807, 2.05) is 13.8 Å². The van der Waals surface area contributed by atoms with E-state index in [4.69, 9.17) is 25.8 Å². The zero-order chi connectivity index (χ0) is 19.1. The maximum Gasteiger partial charge on any atom is 0.513 e. The second-order valence-corrected chi connectivity index (χ2v) is 5.65. The standard InChI is InChI=1S/C19H20ClFO5/c1-4-12-9-14(20)18(10-15(12)21)25-11-13-16(24-5-2)7-6-8-17(13)26-19(22)23-3/h6-10H,4-5,11H2,1-3H3. The van der Waals surface area contributed by atoms with Crippen molar-refractivity contribution in [1.82, 2.24) is 0 Å². The summed E-state index contributed by atoms with van der Waals surface area (Å²) >= 11 is 6.17. The van der Waals surface area contributed by atoms with Gasteiger partial charge in [0.25, 0.3) is 0 Å². The van der Waals surface area contributed by atoms with Crippen LogP contribution in [0, 0.1) is 5.82 Å². The smallest absolute Gasteiger partial charge is 0.493 e. The van der Waals surface area contributed by atoms with E-state index in [-0.39, 0.29) is 18.1 Å². The van der Waals surface area contributed by atoms with E-state index < -0.39 is 12.0 Å². The van der Waals surface area contributed by atoms with E-state index in [9.17, 15) is 9.18 Å². The molecule has 2 aromatic carbocycles. The molecule has 0 unspecified atom stereocenters. The first-order valence-corrected chi connectivity index (χ1v) is 8.49. The molecule has 0 aliphatic rings. The van der Waals surface area contributed by atoms with Crippen molar-refractivity contribution in [2.24, 2.45) is 0 Å². The lowest BCUT2D eigenvalue weighted by molar-refractivity contribution is 0.120. The Morgan fingerprint density at radius 3 is 2.50 bits per heavy atom. The largest absolute Gasteiger partial charge is 0.513 e. The Bertz CT molecular complexity index is 779. The van der Waals surface area contributed by atoms with Gasteiger partial charge in [-0.05, 0) is 37.1 Å². The predicted molar refractivity (Wildman–Crippen MR) is 95.8 cm³/mol. The number of aryl methyl sites for hydroxylation is 1. The maximum absolute atomic E-state index is 14.0. The Morgan fingerprint density at radius 1 is 1.12 bits per heavy atom. The third-order valence-electron chi connectivity index (χ3n) is 3.60. The van der Waals surface area contributed by atoms with Gasteiger partial charge in [-0.1, -0.05) is 24.6 Å². The zero-order valence-corrected chi connectivity index (χ0v) is 15.6. The third-order valence-corrected chi connectivity index (χ3v) is 3.90. The van der Waals surface area contributed by atoms with Crippen LogP contribution in [0.1, 0.15) is 25.0 Å². The lowest BCUT2D eigenvalue weighted by Gasteiger charge is -2.16. The first-order chi connectivity index (χ1) is 12.5. The highest BCUT2D eigenvalue weighted by Gasteiger charge is 2.16. The van der Waals surface area contributed by atoms with Crippen LogP contribution in [0.15, 0.2) is 30.3 Å². The highest BCUT2D eigenvalue weighted by atomic mass is 35.5. The summed E-state index contributed by atoms with van der Waals surface area (Å²) < 4.78 is 34.9. The van der Waals surface area contributed by atoms with E-state index in [2.05, 4.69) is 4.74 Å². The number of ether oxygens (including phenoxy) is 4. The normalized spacial score (nSPS) is 10.3. The van der Waals surface area contributed by atoms with Crippen LogP contribution in [0.25, 0.3) is 0 Å². The molecule has 7 heteroatoms. The van der Waals surface area contributed by atoms with Gasteiger partial charge < -0.3 is 18.9 Å². The molecule has 0 saturated carbocycles. The Balaban J connectivity index is 2.30. The minimum absolute atomic E-state index is 0.0346. The number of methoxy groups -OCH3 is 1. The molecule has 0 bridgehead atoms. The Labute approximate surface area is 156 Å². The lowest BCUT2D eigenvalue weighted by Crippen LogP contribution is -2.11. The second kappa shape index (κ2) is 9.29. The van der Waals surface area contributed by atoms with Crippen LogP contribution in [0.4, 0.5) is 9.18 Å². The molecule has 0 N–H and O–H groups in total. The summed E-state index contributed by atoms with van der Waals surface area (Å²) in [7, 11) is 1.21. The van der Waals surface area contributed by atoms with Crippen LogP contribution in [-0.4, -0.2) is 19.9 Å². The van der Waals surface area contributed by atoms with Crippen molar-refractivity contribution < 1.29 is 28.1 Å². The zero-order valence-electron chi connectivity index (χ0n) is 14.8. The average Bonchev–Trinajstić information content (AvgIpc) is 2.63. The molecule has 0 radical (unpaired) electrons. The Morgan fingerprint density at radius 2 is 1.85 bits per heavy atom. The van der Waals surface area contributed by atoms with E-state index in [0.717, 1.165) is 0 Å². The molecule has 0 saturated heterocycles. The fourth-order valence-electron chi connectivity index (χ4n) is 2.31. The summed E-state index contributed by atoms with van der Waals surface area (Å²) in [6.07, 6.45) is -0.341. The van der Waals surface area contributed by atoms with Crippen LogP contribution >= 0.6 is 11.6 Å². The number of carbonyl (C=O) groups excluding carboxylic acids is 1. The van der Waals surface area contributed by atoms with Crippen LogP contribution in [-0.2, 0) is 17.8 Å². The van der Waals surface area contributed by atoms with E-state index in [1.165, 1.54) is 19.2 Å². The van der Waals surface area contributed by atoms with Gasteiger partial charge in [0.2, 0.25) is 0 Å². The average molecular weight is 383 g/mol. The van der Waals surface area contributed by atoms with Gasteiger partial charge >= 0.3 is 6.16 Å². The van der Waals surface area contributed by atoms with E-state index in [1.54, 1.807) is 18.2 Å². The number of hydrogen-bond donors (Lipinski definition) is 0. The molecule has 0 spiro atoms. The summed E-state index contributed by atoms with van der Waals surface area (Å²) in [5.74, 6) is 0.507. The van der Waals surface area contributed by atoms with Crippen LogP contribution < -0.4 is 14.2 Å². The lowest BCUT2D eigenvalue weighted by atomic mass is 10.1. The molecule has 0 aliphatic carbocycles. The molecule has 0 amide bonds. The molecule has 0 atom stereocenters. The number of benzene rings is 2. The molecular formula is C19H20ClFO5. The number of hydrogen-bond acceptors (Lipinski definition) is 5. The first-order valence-electron chi connectivity index (χ1n) is 8.11. The van der Waals surface area contributed by atoms with Gasteiger partial charge in [-0.2, -0.15) is 0 Å². The van der Waals surface area contributed by atoms with Crippen LogP contribution in [0.3, 0.4) is 0 Å². The first kappa shape index (κ1) is 19.8. The topological polar surface area (TPSA) is 54.0 Å². The summed E-state index contributed by atoms with van der Waals surface area (Å²) in [6.45, 7) is 4.04. The monoisotopic (exact) mass is 382 g/mol. The van der Waals surface area contributed by atoms with Gasteiger partial charge in [0, 0.05) is 6.07 Å². The van der Waals surface area contributed by atoms with Gasteiger partial charge in [0.15, 0.2) is 0 Å². The van der Waals surface area contributed by atoms with E-state index in [0.29, 0.717) is 34.9 Å². The number of rotatable bonds is 7.